The first kappa shape index (κ1) is 21.2. The highest BCUT2D eigenvalue weighted by molar-refractivity contribution is 6.31. The average molecular weight is 422 g/mol. The molecule has 2 aromatic carbocycles. The normalized spacial score (nSPS) is 14.5. The summed E-state index contributed by atoms with van der Waals surface area (Å²) in [4.78, 5) is 26.4. The Kier molecular flexibility index (Phi) is 6.82. The van der Waals surface area contributed by atoms with Crippen LogP contribution in [-0.2, 0) is 9.59 Å². The lowest BCUT2D eigenvalue weighted by molar-refractivity contribution is -0.125. The van der Waals surface area contributed by atoms with Crippen LogP contribution in [0.25, 0.3) is 0 Å². The molecule has 0 spiro atoms. The van der Waals surface area contributed by atoms with E-state index in [9.17, 15) is 18.4 Å². The number of hydrogen-bond acceptors (Lipinski definition) is 3. The van der Waals surface area contributed by atoms with Crippen LogP contribution in [-0.4, -0.2) is 35.8 Å². The van der Waals surface area contributed by atoms with Crippen LogP contribution in [0.5, 0.6) is 0 Å². The molecule has 29 heavy (non-hydrogen) atoms. The molecule has 2 amide bonds. The number of benzene rings is 2. The van der Waals surface area contributed by atoms with Crippen LogP contribution in [0.1, 0.15) is 31.4 Å². The summed E-state index contributed by atoms with van der Waals surface area (Å²) in [5.74, 6) is -2.87. The molecule has 0 aromatic heterocycles. The van der Waals surface area contributed by atoms with Crippen molar-refractivity contribution in [2.24, 2.45) is 0 Å². The Morgan fingerprint density at radius 3 is 2.52 bits per heavy atom. The third kappa shape index (κ3) is 5.74. The molecule has 1 aliphatic rings. The van der Waals surface area contributed by atoms with Gasteiger partial charge in [0.2, 0.25) is 11.8 Å². The average Bonchev–Trinajstić information content (AvgIpc) is 3.52. The zero-order valence-electron chi connectivity index (χ0n) is 15.9. The number of amides is 2. The minimum Gasteiger partial charge on any atom is -0.346 e. The highest BCUT2D eigenvalue weighted by Gasteiger charge is 2.34. The molecule has 5 nitrogen and oxygen atoms in total. The summed E-state index contributed by atoms with van der Waals surface area (Å²) in [6, 6.07) is 10.8. The third-order valence-electron chi connectivity index (χ3n) is 4.84. The number of nitrogens with one attached hydrogen (secondary N) is 2. The van der Waals surface area contributed by atoms with Crippen LogP contribution in [0, 0.1) is 11.6 Å². The van der Waals surface area contributed by atoms with Gasteiger partial charge < -0.3 is 10.6 Å². The van der Waals surface area contributed by atoms with Gasteiger partial charge >= 0.3 is 0 Å². The summed E-state index contributed by atoms with van der Waals surface area (Å²) in [6.45, 7) is 1.87. The molecule has 1 aliphatic carbocycles. The van der Waals surface area contributed by atoms with E-state index >= 15 is 0 Å². The first-order valence-electron chi connectivity index (χ1n) is 9.37. The summed E-state index contributed by atoms with van der Waals surface area (Å²) >= 11 is 6.30. The van der Waals surface area contributed by atoms with Crippen molar-refractivity contribution in [3.63, 3.8) is 0 Å². The molecular weight excluding hydrogens is 400 g/mol. The highest BCUT2D eigenvalue weighted by atomic mass is 35.5. The fourth-order valence-corrected chi connectivity index (χ4v) is 3.45. The van der Waals surface area contributed by atoms with Crippen molar-refractivity contribution < 1.29 is 18.4 Å². The third-order valence-corrected chi connectivity index (χ3v) is 5.19. The fourth-order valence-electron chi connectivity index (χ4n) is 3.16. The molecule has 8 heteroatoms. The first-order valence-corrected chi connectivity index (χ1v) is 9.74. The molecule has 0 radical (unpaired) electrons. The second-order valence-corrected chi connectivity index (χ2v) is 7.46. The van der Waals surface area contributed by atoms with Gasteiger partial charge in [0.05, 0.1) is 13.1 Å². The number of rotatable bonds is 8. The van der Waals surface area contributed by atoms with Crippen LogP contribution in [0.3, 0.4) is 0 Å². The van der Waals surface area contributed by atoms with Crippen molar-refractivity contribution in [1.82, 2.24) is 10.2 Å². The Labute approximate surface area is 173 Å². The highest BCUT2D eigenvalue weighted by Crippen LogP contribution is 2.36. The Bertz CT molecular complexity index is 905. The van der Waals surface area contributed by atoms with Crippen LogP contribution in [0.15, 0.2) is 42.5 Å². The van der Waals surface area contributed by atoms with Gasteiger partial charge in [-0.1, -0.05) is 29.8 Å². The molecule has 3 rings (SSSR count). The maximum absolute atomic E-state index is 13.2. The van der Waals surface area contributed by atoms with Crippen molar-refractivity contribution in [2.45, 2.75) is 31.8 Å². The largest absolute Gasteiger partial charge is 0.346 e. The van der Waals surface area contributed by atoms with Crippen molar-refractivity contribution in [3.05, 3.63) is 64.7 Å². The Hall–Kier alpha value is -2.51. The van der Waals surface area contributed by atoms with E-state index in [1.807, 2.05) is 31.2 Å². The molecule has 0 bridgehead atoms. The van der Waals surface area contributed by atoms with Crippen LogP contribution >= 0.6 is 11.6 Å². The maximum Gasteiger partial charge on any atom is 0.243 e. The maximum atomic E-state index is 13.2. The topological polar surface area (TPSA) is 61.4 Å². The lowest BCUT2D eigenvalue weighted by Gasteiger charge is -2.29. The fraction of sp³-hybridized carbons (Fsp3) is 0.333. The van der Waals surface area contributed by atoms with E-state index in [1.165, 1.54) is 6.07 Å². The van der Waals surface area contributed by atoms with Crippen molar-refractivity contribution >= 4 is 29.1 Å². The molecule has 1 unspecified atom stereocenters. The predicted octanol–water partition coefficient (Wildman–Crippen LogP) is 3.90. The molecule has 1 atom stereocenters. The summed E-state index contributed by atoms with van der Waals surface area (Å²) in [5, 5.41) is 5.64. The molecule has 1 fully saturated rings. The zero-order valence-corrected chi connectivity index (χ0v) is 16.7. The molecule has 1 saturated carbocycles. The predicted molar refractivity (Wildman–Crippen MR) is 108 cm³/mol. The SMILES string of the molecule is CC(c1ccccc1Cl)N(CC(=O)NCC(=O)Nc1ccc(F)c(F)c1)C1CC1. The molecule has 0 saturated heterocycles. The van der Waals surface area contributed by atoms with Gasteiger partial charge in [-0.3, -0.25) is 14.5 Å². The van der Waals surface area contributed by atoms with E-state index in [0.29, 0.717) is 11.1 Å². The van der Waals surface area contributed by atoms with E-state index in [1.54, 1.807) is 0 Å². The minimum absolute atomic E-state index is 0.0435. The van der Waals surface area contributed by atoms with E-state index in [4.69, 9.17) is 11.6 Å². The summed E-state index contributed by atoms with van der Waals surface area (Å²) < 4.78 is 26.1. The molecule has 0 heterocycles. The molecular formula is C21H22ClF2N3O2. The van der Waals surface area contributed by atoms with Crippen molar-refractivity contribution in [2.75, 3.05) is 18.4 Å². The number of carbonyl (C=O) groups is 2. The number of carbonyl (C=O) groups excluding carboxylic acids is 2. The monoisotopic (exact) mass is 421 g/mol. The lowest BCUT2D eigenvalue weighted by Crippen LogP contribution is -2.42. The van der Waals surface area contributed by atoms with Crippen molar-refractivity contribution in [1.29, 1.82) is 0 Å². The second kappa shape index (κ2) is 9.33. The second-order valence-electron chi connectivity index (χ2n) is 7.05. The van der Waals surface area contributed by atoms with Gasteiger partial charge in [0.25, 0.3) is 0 Å². The van der Waals surface area contributed by atoms with Gasteiger partial charge in [0, 0.05) is 28.9 Å². The first-order chi connectivity index (χ1) is 13.8. The molecule has 2 aromatic rings. The van der Waals surface area contributed by atoms with Crippen molar-refractivity contribution in [3.8, 4) is 0 Å². The van der Waals surface area contributed by atoms with Gasteiger partial charge in [-0.25, -0.2) is 8.78 Å². The van der Waals surface area contributed by atoms with Gasteiger partial charge in [-0.05, 0) is 43.5 Å². The van der Waals surface area contributed by atoms with Crippen LogP contribution in [0.4, 0.5) is 14.5 Å². The molecule has 0 aliphatic heterocycles. The molecule has 154 valence electrons. The Morgan fingerprint density at radius 2 is 1.86 bits per heavy atom. The lowest BCUT2D eigenvalue weighted by atomic mass is 10.1. The van der Waals surface area contributed by atoms with Gasteiger partial charge in [0.15, 0.2) is 11.6 Å². The minimum atomic E-state index is -1.06. The summed E-state index contributed by atoms with van der Waals surface area (Å²) in [7, 11) is 0. The Balaban J connectivity index is 1.53. The quantitative estimate of drug-likeness (QED) is 0.679. The van der Waals surface area contributed by atoms with Gasteiger partial charge in [-0.2, -0.15) is 0 Å². The van der Waals surface area contributed by atoms with E-state index in [0.717, 1.165) is 30.5 Å². The zero-order chi connectivity index (χ0) is 21.0. The van der Waals surface area contributed by atoms with E-state index in [-0.39, 0.29) is 30.7 Å². The van der Waals surface area contributed by atoms with E-state index < -0.39 is 17.5 Å². The van der Waals surface area contributed by atoms with Gasteiger partial charge in [0.1, 0.15) is 0 Å². The van der Waals surface area contributed by atoms with E-state index in [2.05, 4.69) is 15.5 Å². The Morgan fingerprint density at radius 1 is 1.14 bits per heavy atom. The van der Waals surface area contributed by atoms with Gasteiger partial charge in [-0.15, -0.1) is 0 Å². The number of anilines is 1. The summed E-state index contributed by atoms with van der Waals surface area (Å²) in [5.41, 5.74) is 1.07. The standard InChI is InChI=1S/C21H22ClF2N3O2/c1-13(16-4-2-3-5-17(16)22)27(15-7-8-15)12-21(29)25-11-20(28)26-14-6-9-18(23)19(24)10-14/h2-6,9-10,13,15H,7-8,11-12H2,1H3,(H,25,29)(H,26,28). The number of hydrogen-bond donors (Lipinski definition) is 2. The number of nitrogens with zero attached hydrogens (tertiary/aromatic N) is 1. The number of halogens is 3. The van der Waals surface area contributed by atoms with Crippen LogP contribution < -0.4 is 10.6 Å². The molecule has 2 N–H and O–H groups in total. The van der Waals surface area contributed by atoms with Crippen LogP contribution in [0.2, 0.25) is 5.02 Å². The smallest absolute Gasteiger partial charge is 0.243 e. The summed E-state index contributed by atoms with van der Waals surface area (Å²) in [6.07, 6.45) is 2.03.